The summed E-state index contributed by atoms with van der Waals surface area (Å²) in [7, 11) is 3.20. The maximum atomic E-state index is 12.6. The van der Waals surface area contributed by atoms with E-state index in [0.717, 1.165) is 25.1 Å². The van der Waals surface area contributed by atoms with Crippen molar-refractivity contribution in [2.75, 3.05) is 20.8 Å². The second-order valence-electron chi connectivity index (χ2n) is 6.24. The quantitative estimate of drug-likeness (QED) is 0.837. The molecule has 1 amide bonds. The average molecular weight is 340 g/mol. The van der Waals surface area contributed by atoms with E-state index in [-0.39, 0.29) is 5.91 Å². The monoisotopic (exact) mass is 340 g/mol. The van der Waals surface area contributed by atoms with E-state index < -0.39 is 0 Å². The number of carbonyl (C=O) groups excluding carboxylic acids is 1. The first-order valence-corrected chi connectivity index (χ1v) is 8.61. The van der Waals surface area contributed by atoms with Crippen molar-refractivity contribution in [2.24, 2.45) is 0 Å². The molecule has 1 aromatic heterocycles. The van der Waals surface area contributed by atoms with Gasteiger partial charge in [0.2, 0.25) is 5.91 Å². The van der Waals surface area contributed by atoms with Gasteiger partial charge in [-0.05, 0) is 24.3 Å². The maximum absolute atomic E-state index is 12.6. The molecule has 0 saturated carbocycles. The van der Waals surface area contributed by atoms with Crippen LogP contribution < -0.4 is 9.47 Å². The molecule has 1 saturated heterocycles. The van der Waals surface area contributed by atoms with Gasteiger partial charge in [-0.15, -0.1) is 0 Å². The number of likely N-dealkylation sites (tertiary alicyclic amines) is 1. The molecule has 0 bridgehead atoms. The van der Waals surface area contributed by atoms with Crippen molar-refractivity contribution in [3.8, 4) is 11.5 Å². The molecule has 1 unspecified atom stereocenters. The number of pyridine rings is 1. The SMILES string of the molecule is COc1ccnc(CN2CCC(c3ccccc3)CCC2=O)c1OC. The zero-order valence-electron chi connectivity index (χ0n) is 14.8. The van der Waals surface area contributed by atoms with E-state index in [2.05, 4.69) is 29.2 Å². The van der Waals surface area contributed by atoms with E-state index in [0.29, 0.717) is 30.4 Å². The van der Waals surface area contributed by atoms with Crippen LogP contribution in [0.15, 0.2) is 42.6 Å². The molecule has 1 fully saturated rings. The number of hydrogen-bond acceptors (Lipinski definition) is 4. The van der Waals surface area contributed by atoms with Gasteiger partial charge in [0.1, 0.15) is 5.69 Å². The van der Waals surface area contributed by atoms with Crippen molar-refractivity contribution in [1.82, 2.24) is 9.88 Å². The highest BCUT2D eigenvalue weighted by molar-refractivity contribution is 5.76. The summed E-state index contributed by atoms with van der Waals surface area (Å²) < 4.78 is 10.8. The lowest BCUT2D eigenvalue weighted by molar-refractivity contribution is -0.131. The number of ether oxygens (including phenoxy) is 2. The molecule has 0 spiro atoms. The van der Waals surface area contributed by atoms with Gasteiger partial charge < -0.3 is 14.4 Å². The summed E-state index contributed by atoms with van der Waals surface area (Å²) in [5.74, 6) is 1.83. The largest absolute Gasteiger partial charge is 0.493 e. The zero-order valence-corrected chi connectivity index (χ0v) is 14.8. The molecule has 1 atom stereocenters. The first-order valence-electron chi connectivity index (χ1n) is 8.61. The van der Waals surface area contributed by atoms with E-state index >= 15 is 0 Å². The van der Waals surface area contributed by atoms with Gasteiger partial charge in [0.05, 0.1) is 20.8 Å². The lowest BCUT2D eigenvalue weighted by Gasteiger charge is -2.22. The Hall–Kier alpha value is -2.56. The van der Waals surface area contributed by atoms with Gasteiger partial charge in [-0.25, -0.2) is 0 Å². The Kier molecular flexibility index (Phi) is 5.53. The summed E-state index contributed by atoms with van der Waals surface area (Å²) >= 11 is 0. The van der Waals surface area contributed by atoms with Gasteiger partial charge in [0, 0.05) is 25.2 Å². The van der Waals surface area contributed by atoms with Crippen LogP contribution in [-0.2, 0) is 11.3 Å². The van der Waals surface area contributed by atoms with E-state index in [4.69, 9.17) is 9.47 Å². The Morgan fingerprint density at radius 2 is 1.92 bits per heavy atom. The van der Waals surface area contributed by atoms with E-state index in [1.807, 2.05) is 11.0 Å². The molecular formula is C20H24N2O3. The molecule has 2 heterocycles. The molecule has 3 rings (SSSR count). The van der Waals surface area contributed by atoms with Gasteiger partial charge in [-0.1, -0.05) is 30.3 Å². The van der Waals surface area contributed by atoms with Crippen LogP contribution in [0.5, 0.6) is 11.5 Å². The fourth-order valence-electron chi connectivity index (χ4n) is 3.41. The molecule has 2 aromatic rings. The van der Waals surface area contributed by atoms with Crippen LogP contribution in [0.3, 0.4) is 0 Å². The number of carbonyl (C=O) groups is 1. The number of aromatic nitrogens is 1. The molecule has 0 aliphatic carbocycles. The van der Waals surface area contributed by atoms with Gasteiger partial charge >= 0.3 is 0 Å². The third kappa shape index (κ3) is 3.92. The Morgan fingerprint density at radius 1 is 1.12 bits per heavy atom. The summed E-state index contributed by atoms with van der Waals surface area (Å²) in [6.45, 7) is 1.17. The molecule has 0 N–H and O–H groups in total. The molecule has 1 aromatic carbocycles. The minimum atomic E-state index is 0.171. The number of amides is 1. The predicted molar refractivity (Wildman–Crippen MR) is 95.8 cm³/mol. The molecule has 1 aliphatic rings. The maximum Gasteiger partial charge on any atom is 0.222 e. The Bertz CT molecular complexity index is 718. The standard InChI is InChI=1S/C20H24N2O3/c1-24-18-10-12-21-17(20(18)25-2)14-22-13-11-16(8-9-19(22)23)15-6-4-3-5-7-15/h3-7,10,12,16H,8-9,11,13-14H2,1-2H3. The van der Waals surface area contributed by atoms with Crippen molar-refractivity contribution in [3.63, 3.8) is 0 Å². The van der Waals surface area contributed by atoms with Crippen LogP contribution >= 0.6 is 0 Å². The van der Waals surface area contributed by atoms with Crippen molar-refractivity contribution < 1.29 is 14.3 Å². The van der Waals surface area contributed by atoms with Crippen molar-refractivity contribution in [1.29, 1.82) is 0 Å². The van der Waals surface area contributed by atoms with Crippen LogP contribution in [-0.4, -0.2) is 36.6 Å². The number of rotatable bonds is 5. The summed E-state index contributed by atoms with van der Waals surface area (Å²) in [5.41, 5.74) is 2.04. The van der Waals surface area contributed by atoms with Gasteiger partial charge in [-0.2, -0.15) is 0 Å². The van der Waals surface area contributed by atoms with E-state index in [1.54, 1.807) is 26.5 Å². The lowest BCUT2D eigenvalue weighted by Crippen LogP contribution is -2.30. The van der Waals surface area contributed by atoms with Crippen LogP contribution in [0.25, 0.3) is 0 Å². The normalized spacial score (nSPS) is 17.9. The smallest absolute Gasteiger partial charge is 0.222 e. The third-order valence-corrected chi connectivity index (χ3v) is 4.78. The molecule has 132 valence electrons. The minimum Gasteiger partial charge on any atom is -0.493 e. The number of benzene rings is 1. The first-order chi connectivity index (χ1) is 12.2. The van der Waals surface area contributed by atoms with Crippen LogP contribution in [0.2, 0.25) is 0 Å². The van der Waals surface area contributed by atoms with Gasteiger partial charge in [-0.3, -0.25) is 9.78 Å². The Morgan fingerprint density at radius 3 is 2.64 bits per heavy atom. The fraction of sp³-hybridized carbons (Fsp3) is 0.400. The topological polar surface area (TPSA) is 51.7 Å². The highest BCUT2D eigenvalue weighted by atomic mass is 16.5. The Balaban J connectivity index is 1.74. The molecule has 0 radical (unpaired) electrons. The summed E-state index contributed by atoms with van der Waals surface area (Å²) in [6, 6.07) is 12.2. The molecule has 1 aliphatic heterocycles. The number of hydrogen-bond donors (Lipinski definition) is 0. The van der Waals surface area contributed by atoms with Crippen LogP contribution in [0.1, 0.15) is 36.4 Å². The second-order valence-corrected chi connectivity index (χ2v) is 6.24. The summed E-state index contributed by atoms with van der Waals surface area (Å²) in [4.78, 5) is 18.9. The van der Waals surface area contributed by atoms with Crippen molar-refractivity contribution >= 4 is 5.91 Å². The van der Waals surface area contributed by atoms with E-state index in [9.17, 15) is 4.79 Å². The number of nitrogens with zero attached hydrogens (tertiary/aromatic N) is 2. The lowest BCUT2D eigenvalue weighted by atomic mass is 9.92. The van der Waals surface area contributed by atoms with Crippen molar-refractivity contribution in [3.05, 3.63) is 53.9 Å². The molecular weight excluding hydrogens is 316 g/mol. The fourth-order valence-corrected chi connectivity index (χ4v) is 3.41. The number of methoxy groups -OCH3 is 2. The molecule has 5 heteroatoms. The molecule has 25 heavy (non-hydrogen) atoms. The van der Waals surface area contributed by atoms with Gasteiger partial charge in [0.25, 0.3) is 0 Å². The summed E-state index contributed by atoms with van der Waals surface area (Å²) in [6.07, 6.45) is 4.10. The third-order valence-electron chi connectivity index (χ3n) is 4.78. The van der Waals surface area contributed by atoms with E-state index in [1.165, 1.54) is 5.56 Å². The van der Waals surface area contributed by atoms with Crippen molar-refractivity contribution in [2.45, 2.75) is 31.7 Å². The summed E-state index contributed by atoms with van der Waals surface area (Å²) in [5, 5.41) is 0. The Labute approximate surface area is 148 Å². The van der Waals surface area contributed by atoms with Crippen LogP contribution in [0.4, 0.5) is 0 Å². The predicted octanol–water partition coefficient (Wildman–Crippen LogP) is 3.40. The first kappa shape index (κ1) is 17.3. The van der Waals surface area contributed by atoms with Crippen LogP contribution in [0, 0.1) is 0 Å². The average Bonchev–Trinajstić information content (AvgIpc) is 2.84. The minimum absolute atomic E-state index is 0.171. The second kappa shape index (κ2) is 8.01. The zero-order chi connectivity index (χ0) is 17.6. The highest BCUT2D eigenvalue weighted by Gasteiger charge is 2.25. The highest BCUT2D eigenvalue weighted by Crippen LogP contribution is 2.32. The van der Waals surface area contributed by atoms with Gasteiger partial charge in [0.15, 0.2) is 11.5 Å². The molecule has 5 nitrogen and oxygen atoms in total.